The lowest BCUT2D eigenvalue weighted by Gasteiger charge is -2.17. The van der Waals surface area contributed by atoms with E-state index in [9.17, 15) is 13.2 Å². The van der Waals surface area contributed by atoms with E-state index in [-0.39, 0.29) is 19.0 Å². The van der Waals surface area contributed by atoms with Crippen molar-refractivity contribution in [2.24, 2.45) is 0 Å². The summed E-state index contributed by atoms with van der Waals surface area (Å²) in [5.74, 6) is 0.993. The van der Waals surface area contributed by atoms with Crippen molar-refractivity contribution in [2.75, 3.05) is 37.8 Å². The highest BCUT2D eigenvalue weighted by Crippen LogP contribution is 2.16. The molecule has 0 radical (unpaired) electrons. The molecule has 1 N–H and O–H groups in total. The zero-order valence-corrected chi connectivity index (χ0v) is 13.6. The Hall–Kier alpha value is -1.74. The van der Waals surface area contributed by atoms with Crippen LogP contribution in [-0.2, 0) is 21.4 Å². The van der Waals surface area contributed by atoms with Gasteiger partial charge in [0.15, 0.2) is 0 Å². The Morgan fingerprint density at radius 2 is 2.09 bits per heavy atom. The third-order valence-electron chi connectivity index (χ3n) is 3.50. The topological polar surface area (TPSA) is 95.5 Å². The highest BCUT2D eigenvalue weighted by Gasteiger charge is 2.16. The average Bonchev–Trinajstić information content (AvgIpc) is 2.98. The van der Waals surface area contributed by atoms with E-state index in [1.807, 2.05) is 6.07 Å². The molecule has 0 atom stereocenters. The molecule has 2 rings (SSSR count). The fourth-order valence-corrected chi connectivity index (χ4v) is 2.50. The molecule has 1 aromatic heterocycles. The molecule has 0 bridgehead atoms. The van der Waals surface area contributed by atoms with Gasteiger partial charge in [0.1, 0.15) is 11.6 Å². The monoisotopic (exact) mass is 327 g/mol. The largest absolute Gasteiger partial charge is 0.357 e. The second-order valence-corrected chi connectivity index (χ2v) is 7.41. The number of sulfonamides is 1. The molecule has 1 saturated heterocycles. The quantitative estimate of drug-likeness (QED) is 0.763. The second-order valence-electron chi connectivity index (χ2n) is 5.32. The fourth-order valence-electron chi connectivity index (χ4n) is 2.15. The van der Waals surface area contributed by atoms with Gasteiger partial charge in [-0.1, -0.05) is 0 Å². The molecule has 122 valence electrons. The van der Waals surface area contributed by atoms with Crippen LogP contribution in [0, 0.1) is 0 Å². The first-order chi connectivity index (χ1) is 10.4. The maximum Gasteiger partial charge on any atom is 0.235 e. The minimum absolute atomic E-state index is 0.179. The van der Waals surface area contributed by atoms with Gasteiger partial charge in [0.2, 0.25) is 15.9 Å². The molecule has 1 aliphatic heterocycles. The SMILES string of the molecule is CN(CC(=O)NCc1nccc(N2CCCC2)n1)S(C)(=O)=O. The van der Waals surface area contributed by atoms with Gasteiger partial charge in [0.25, 0.3) is 0 Å². The van der Waals surface area contributed by atoms with Gasteiger partial charge >= 0.3 is 0 Å². The number of hydrogen-bond acceptors (Lipinski definition) is 6. The van der Waals surface area contributed by atoms with Crippen molar-refractivity contribution in [1.82, 2.24) is 19.6 Å². The maximum absolute atomic E-state index is 11.7. The first-order valence-electron chi connectivity index (χ1n) is 7.11. The Labute approximate surface area is 130 Å². The number of carbonyl (C=O) groups excluding carboxylic acids is 1. The maximum atomic E-state index is 11.7. The molecule has 0 saturated carbocycles. The van der Waals surface area contributed by atoms with Gasteiger partial charge in [0.05, 0.1) is 19.3 Å². The van der Waals surface area contributed by atoms with E-state index in [0.717, 1.165) is 42.3 Å². The summed E-state index contributed by atoms with van der Waals surface area (Å²) in [6.45, 7) is 1.94. The zero-order chi connectivity index (χ0) is 16.2. The van der Waals surface area contributed by atoms with E-state index < -0.39 is 10.0 Å². The van der Waals surface area contributed by atoms with Crippen molar-refractivity contribution in [3.63, 3.8) is 0 Å². The van der Waals surface area contributed by atoms with Crippen LogP contribution in [0.3, 0.4) is 0 Å². The summed E-state index contributed by atoms with van der Waals surface area (Å²) in [5.41, 5.74) is 0. The molecule has 0 aliphatic carbocycles. The van der Waals surface area contributed by atoms with Crippen LogP contribution in [0.2, 0.25) is 0 Å². The predicted octanol–water partition coefficient (Wildman–Crippen LogP) is -0.416. The Balaban J connectivity index is 1.88. The minimum atomic E-state index is -3.36. The van der Waals surface area contributed by atoms with Crippen LogP contribution in [0.15, 0.2) is 12.3 Å². The zero-order valence-electron chi connectivity index (χ0n) is 12.8. The van der Waals surface area contributed by atoms with E-state index in [1.165, 1.54) is 7.05 Å². The lowest BCUT2D eigenvalue weighted by molar-refractivity contribution is -0.121. The van der Waals surface area contributed by atoms with Crippen molar-refractivity contribution < 1.29 is 13.2 Å². The minimum Gasteiger partial charge on any atom is -0.357 e. The molecule has 1 fully saturated rings. The van der Waals surface area contributed by atoms with E-state index >= 15 is 0 Å². The number of amides is 1. The molecule has 9 heteroatoms. The van der Waals surface area contributed by atoms with E-state index in [1.54, 1.807) is 6.20 Å². The molecule has 0 spiro atoms. The summed E-state index contributed by atoms with van der Waals surface area (Å²) in [5, 5.41) is 2.63. The summed E-state index contributed by atoms with van der Waals surface area (Å²) in [4.78, 5) is 22.5. The van der Waals surface area contributed by atoms with Crippen molar-refractivity contribution in [3.05, 3.63) is 18.1 Å². The molecular weight excluding hydrogens is 306 g/mol. The molecule has 2 heterocycles. The van der Waals surface area contributed by atoms with Crippen LogP contribution in [0.4, 0.5) is 5.82 Å². The Kier molecular flexibility index (Phi) is 5.30. The number of carbonyl (C=O) groups is 1. The smallest absolute Gasteiger partial charge is 0.235 e. The van der Waals surface area contributed by atoms with Gasteiger partial charge in [-0.05, 0) is 18.9 Å². The number of nitrogens with zero attached hydrogens (tertiary/aromatic N) is 4. The predicted molar refractivity (Wildman–Crippen MR) is 82.8 cm³/mol. The summed E-state index contributed by atoms with van der Waals surface area (Å²) in [6, 6.07) is 1.86. The van der Waals surface area contributed by atoms with Gasteiger partial charge in [0, 0.05) is 26.3 Å². The standard InChI is InChI=1S/C13H21N5O3S/c1-17(22(2,20)21)10-13(19)15-9-11-14-6-5-12(16-11)18-7-3-4-8-18/h5-6H,3-4,7-10H2,1-2H3,(H,15,19). The number of likely N-dealkylation sites (N-methyl/N-ethyl adjacent to an activating group) is 1. The van der Waals surface area contributed by atoms with Crippen LogP contribution >= 0.6 is 0 Å². The van der Waals surface area contributed by atoms with Gasteiger partial charge in [-0.3, -0.25) is 4.79 Å². The van der Waals surface area contributed by atoms with Gasteiger partial charge in [-0.15, -0.1) is 0 Å². The summed E-state index contributed by atoms with van der Waals surface area (Å²) in [6.07, 6.45) is 5.05. The van der Waals surface area contributed by atoms with Gasteiger partial charge < -0.3 is 10.2 Å². The molecule has 1 aromatic rings. The molecule has 8 nitrogen and oxygen atoms in total. The van der Waals surface area contributed by atoms with E-state index in [0.29, 0.717) is 5.82 Å². The highest BCUT2D eigenvalue weighted by molar-refractivity contribution is 7.88. The van der Waals surface area contributed by atoms with E-state index in [2.05, 4.69) is 20.2 Å². The fraction of sp³-hybridized carbons (Fsp3) is 0.615. The Bertz CT molecular complexity index is 628. The summed E-state index contributed by atoms with van der Waals surface area (Å²) < 4.78 is 23.5. The number of anilines is 1. The molecular formula is C13H21N5O3S. The van der Waals surface area contributed by atoms with Gasteiger partial charge in [-0.25, -0.2) is 18.4 Å². The molecule has 0 unspecified atom stereocenters. The van der Waals surface area contributed by atoms with Crippen LogP contribution < -0.4 is 10.2 Å². The third kappa shape index (κ3) is 4.63. The normalized spacial score (nSPS) is 15.3. The van der Waals surface area contributed by atoms with Crippen molar-refractivity contribution in [3.8, 4) is 0 Å². The lowest BCUT2D eigenvalue weighted by atomic mass is 10.4. The number of rotatable bonds is 6. The first kappa shape index (κ1) is 16.6. The van der Waals surface area contributed by atoms with Crippen molar-refractivity contribution in [1.29, 1.82) is 0 Å². The van der Waals surface area contributed by atoms with Crippen LogP contribution in [-0.4, -0.2) is 61.5 Å². The van der Waals surface area contributed by atoms with Crippen molar-refractivity contribution in [2.45, 2.75) is 19.4 Å². The molecule has 1 amide bonds. The number of hydrogen-bond donors (Lipinski definition) is 1. The van der Waals surface area contributed by atoms with Gasteiger partial charge in [-0.2, -0.15) is 4.31 Å². The van der Waals surface area contributed by atoms with Crippen LogP contribution in [0.25, 0.3) is 0 Å². The molecule has 0 aromatic carbocycles. The van der Waals surface area contributed by atoms with Crippen LogP contribution in [0.5, 0.6) is 0 Å². The number of nitrogens with one attached hydrogen (secondary N) is 1. The van der Waals surface area contributed by atoms with Crippen molar-refractivity contribution >= 4 is 21.7 Å². The van der Waals surface area contributed by atoms with E-state index in [4.69, 9.17) is 0 Å². The highest BCUT2D eigenvalue weighted by atomic mass is 32.2. The molecule has 22 heavy (non-hydrogen) atoms. The summed E-state index contributed by atoms with van der Waals surface area (Å²) in [7, 11) is -2.00. The average molecular weight is 327 g/mol. The lowest BCUT2D eigenvalue weighted by Crippen LogP contribution is -2.37. The Morgan fingerprint density at radius 1 is 1.41 bits per heavy atom. The summed E-state index contributed by atoms with van der Waals surface area (Å²) >= 11 is 0. The Morgan fingerprint density at radius 3 is 2.73 bits per heavy atom. The third-order valence-corrected chi connectivity index (χ3v) is 4.76. The number of aromatic nitrogens is 2. The first-order valence-corrected chi connectivity index (χ1v) is 8.96. The molecule has 1 aliphatic rings. The van der Waals surface area contributed by atoms with Crippen LogP contribution in [0.1, 0.15) is 18.7 Å². The second kappa shape index (κ2) is 7.01.